The van der Waals surface area contributed by atoms with E-state index in [9.17, 15) is 14.4 Å². The first kappa shape index (κ1) is 23.6. The van der Waals surface area contributed by atoms with Crippen LogP contribution in [0.2, 0.25) is 0 Å². The molecule has 1 unspecified atom stereocenters. The maximum Gasteiger partial charge on any atom is 0.319 e. The van der Waals surface area contributed by atoms with Gasteiger partial charge in [0, 0.05) is 51.2 Å². The number of nitrogens with zero attached hydrogens (tertiary/aromatic N) is 3. The zero-order chi connectivity index (χ0) is 23.2. The molecule has 3 heterocycles. The van der Waals surface area contributed by atoms with Gasteiger partial charge in [0.15, 0.2) is 0 Å². The van der Waals surface area contributed by atoms with Gasteiger partial charge in [-0.1, -0.05) is 37.3 Å². The molecule has 3 fully saturated rings. The molecule has 3 aliphatic heterocycles. The fourth-order valence-corrected chi connectivity index (χ4v) is 5.46. The molecule has 33 heavy (non-hydrogen) atoms. The van der Waals surface area contributed by atoms with Crippen molar-refractivity contribution in [3.63, 3.8) is 0 Å². The predicted molar refractivity (Wildman–Crippen MR) is 128 cm³/mol. The van der Waals surface area contributed by atoms with Crippen LogP contribution in [0.4, 0.5) is 4.79 Å². The molecule has 1 aromatic rings. The van der Waals surface area contributed by atoms with E-state index in [0.717, 1.165) is 63.6 Å². The van der Waals surface area contributed by atoms with Crippen LogP contribution < -0.4 is 5.32 Å². The van der Waals surface area contributed by atoms with Crippen LogP contribution in [0.15, 0.2) is 30.3 Å². The quantitative estimate of drug-likeness (QED) is 0.743. The van der Waals surface area contributed by atoms with Gasteiger partial charge in [-0.2, -0.15) is 0 Å². The number of nitrogens with one attached hydrogen (secondary N) is 1. The predicted octanol–water partition coefficient (Wildman–Crippen LogP) is 3.22. The molecule has 1 N–H and O–H groups in total. The smallest absolute Gasteiger partial charge is 0.319 e. The molecule has 0 bridgehead atoms. The maximum absolute atomic E-state index is 13.1. The van der Waals surface area contributed by atoms with Gasteiger partial charge in [0.05, 0.1) is 5.92 Å². The fraction of sp³-hybridized carbons (Fsp3) is 0.654. The number of hydrogen-bond donors (Lipinski definition) is 1. The van der Waals surface area contributed by atoms with E-state index in [2.05, 4.69) is 12.2 Å². The molecule has 4 rings (SSSR count). The van der Waals surface area contributed by atoms with Crippen LogP contribution >= 0.6 is 0 Å². The van der Waals surface area contributed by atoms with Crippen molar-refractivity contribution in [3.05, 3.63) is 35.9 Å². The van der Waals surface area contributed by atoms with Crippen LogP contribution in [0.5, 0.6) is 0 Å². The Morgan fingerprint density at radius 2 is 1.42 bits per heavy atom. The second-order valence-corrected chi connectivity index (χ2v) is 9.72. The molecule has 1 aromatic carbocycles. The van der Waals surface area contributed by atoms with E-state index in [1.165, 1.54) is 0 Å². The summed E-state index contributed by atoms with van der Waals surface area (Å²) in [6.45, 7) is 6.50. The Morgan fingerprint density at radius 1 is 0.848 bits per heavy atom. The molecule has 0 aromatic heterocycles. The average Bonchev–Trinajstić information content (AvgIpc) is 3.40. The number of carbonyl (C=O) groups is 3. The summed E-state index contributed by atoms with van der Waals surface area (Å²) in [6.07, 6.45) is 6.05. The summed E-state index contributed by atoms with van der Waals surface area (Å²) >= 11 is 0. The van der Waals surface area contributed by atoms with Crippen LogP contribution in [0.3, 0.4) is 0 Å². The summed E-state index contributed by atoms with van der Waals surface area (Å²) in [5, 5.41) is 3.23. The number of piperidine rings is 2. The van der Waals surface area contributed by atoms with E-state index in [1.54, 1.807) is 0 Å². The molecule has 0 spiro atoms. The van der Waals surface area contributed by atoms with Gasteiger partial charge < -0.3 is 20.0 Å². The SMILES string of the molecule is CCC(C(=O)N1CCC(NC(=O)C2CCN(C(=O)N3CCCC3)CC2)CC1)c1ccccc1. The van der Waals surface area contributed by atoms with Gasteiger partial charge in [-0.15, -0.1) is 0 Å². The number of likely N-dealkylation sites (tertiary alicyclic amines) is 3. The molecule has 1 atom stereocenters. The van der Waals surface area contributed by atoms with Crippen LogP contribution in [0.1, 0.15) is 63.4 Å². The van der Waals surface area contributed by atoms with Crippen molar-refractivity contribution in [2.45, 2.75) is 63.8 Å². The van der Waals surface area contributed by atoms with Crippen molar-refractivity contribution in [2.24, 2.45) is 5.92 Å². The zero-order valence-electron chi connectivity index (χ0n) is 19.9. The molecule has 180 valence electrons. The Bertz CT molecular complexity index is 808. The van der Waals surface area contributed by atoms with Crippen molar-refractivity contribution in [1.29, 1.82) is 0 Å². The number of amides is 4. The van der Waals surface area contributed by atoms with E-state index in [-0.39, 0.29) is 35.7 Å². The second-order valence-electron chi connectivity index (χ2n) is 9.72. The summed E-state index contributed by atoms with van der Waals surface area (Å²) in [4.78, 5) is 44.3. The summed E-state index contributed by atoms with van der Waals surface area (Å²) < 4.78 is 0. The number of carbonyl (C=O) groups excluding carboxylic acids is 3. The number of urea groups is 1. The van der Waals surface area contributed by atoms with E-state index in [1.807, 2.05) is 45.0 Å². The number of benzene rings is 1. The van der Waals surface area contributed by atoms with E-state index < -0.39 is 0 Å². The molecular weight excluding hydrogens is 416 g/mol. The van der Waals surface area contributed by atoms with E-state index in [4.69, 9.17) is 0 Å². The molecule has 0 saturated carbocycles. The highest BCUT2D eigenvalue weighted by atomic mass is 16.2. The Hall–Kier alpha value is -2.57. The molecule has 3 aliphatic rings. The molecule has 0 aliphatic carbocycles. The lowest BCUT2D eigenvalue weighted by Crippen LogP contribution is -2.51. The summed E-state index contributed by atoms with van der Waals surface area (Å²) in [7, 11) is 0. The Labute approximate surface area is 197 Å². The van der Waals surface area contributed by atoms with Crippen molar-refractivity contribution >= 4 is 17.8 Å². The lowest BCUT2D eigenvalue weighted by molar-refractivity contribution is -0.134. The average molecular weight is 455 g/mol. The van der Waals surface area contributed by atoms with E-state index in [0.29, 0.717) is 26.2 Å². The van der Waals surface area contributed by atoms with Gasteiger partial charge in [0.1, 0.15) is 0 Å². The third-order valence-electron chi connectivity index (χ3n) is 7.57. The van der Waals surface area contributed by atoms with Crippen molar-refractivity contribution in [2.75, 3.05) is 39.3 Å². The third kappa shape index (κ3) is 5.68. The standard InChI is InChI=1S/C26H38N4O3/c1-2-23(20-8-4-3-5-9-20)25(32)28-18-12-22(13-19-28)27-24(31)21-10-16-30(17-11-21)26(33)29-14-6-7-15-29/h3-5,8-9,21-23H,2,6-7,10-19H2,1H3,(H,27,31). The molecule has 0 radical (unpaired) electrons. The first-order valence-corrected chi connectivity index (χ1v) is 12.7. The molecule has 3 saturated heterocycles. The van der Waals surface area contributed by atoms with Gasteiger partial charge in [-0.25, -0.2) is 4.79 Å². The highest BCUT2D eigenvalue weighted by Gasteiger charge is 2.33. The highest BCUT2D eigenvalue weighted by Crippen LogP contribution is 2.25. The van der Waals surface area contributed by atoms with Crippen molar-refractivity contribution in [3.8, 4) is 0 Å². The lowest BCUT2D eigenvalue weighted by Gasteiger charge is -2.36. The minimum absolute atomic E-state index is 0.0187. The minimum atomic E-state index is -0.0919. The molecular formula is C26H38N4O3. The van der Waals surface area contributed by atoms with Crippen molar-refractivity contribution in [1.82, 2.24) is 20.0 Å². The molecule has 4 amide bonds. The van der Waals surface area contributed by atoms with Crippen LogP contribution in [0.25, 0.3) is 0 Å². The lowest BCUT2D eigenvalue weighted by atomic mass is 9.93. The number of rotatable bonds is 5. The Balaban J connectivity index is 1.20. The van der Waals surface area contributed by atoms with Gasteiger partial charge in [0.2, 0.25) is 11.8 Å². The van der Waals surface area contributed by atoms with Crippen LogP contribution in [0, 0.1) is 5.92 Å². The zero-order valence-corrected chi connectivity index (χ0v) is 19.9. The Kier molecular flexibility index (Phi) is 7.89. The van der Waals surface area contributed by atoms with Gasteiger partial charge in [0.25, 0.3) is 0 Å². The molecule has 7 nitrogen and oxygen atoms in total. The topological polar surface area (TPSA) is 73.0 Å². The number of hydrogen-bond acceptors (Lipinski definition) is 3. The first-order chi connectivity index (χ1) is 16.1. The third-order valence-corrected chi connectivity index (χ3v) is 7.57. The van der Waals surface area contributed by atoms with E-state index >= 15 is 0 Å². The highest BCUT2D eigenvalue weighted by molar-refractivity contribution is 5.84. The van der Waals surface area contributed by atoms with Crippen molar-refractivity contribution < 1.29 is 14.4 Å². The summed E-state index contributed by atoms with van der Waals surface area (Å²) in [6, 6.07) is 10.3. The van der Waals surface area contributed by atoms with Gasteiger partial charge >= 0.3 is 6.03 Å². The summed E-state index contributed by atoms with van der Waals surface area (Å²) in [5.41, 5.74) is 1.08. The summed E-state index contributed by atoms with van der Waals surface area (Å²) in [5.74, 6) is 0.202. The van der Waals surface area contributed by atoms with Gasteiger partial charge in [-0.05, 0) is 50.5 Å². The second kappa shape index (κ2) is 11.0. The molecule has 7 heteroatoms. The fourth-order valence-electron chi connectivity index (χ4n) is 5.46. The van der Waals surface area contributed by atoms with Crippen LogP contribution in [-0.2, 0) is 9.59 Å². The minimum Gasteiger partial charge on any atom is -0.353 e. The maximum atomic E-state index is 13.1. The Morgan fingerprint density at radius 3 is 2.03 bits per heavy atom. The van der Waals surface area contributed by atoms with Gasteiger partial charge in [-0.3, -0.25) is 9.59 Å². The monoisotopic (exact) mass is 454 g/mol. The van der Waals surface area contributed by atoms with Crippen LogP contribution in [-0.4, -0.2) is 77.9 Å². The normalized spacial score (nSPS) is 21.2. The first-order valence-electron chi connectivity index (χ1n) is 12.7. The largest absolute Gasteiger partial charge is 0.353 e.